The van der Waals surface area contributed by atoms with Crippen LogP contribution >= 0.6 is 0 Å². The quantitative estimate of drug-likeness (QED) is 0.741. The van der Waals surface area contributed by atoms with Gasteiger partial charge in [-0.1, -0.05) is 26.0 Å². The molecule has 128 valence electrons. The Balaban J connectivity index is 1.61. The standard InChI is InChI=1S/C18H22N2O4/c1-18(2)14(15(18)17(23)24)16(22)20-12-5-3-4-10(8-12)9-13(21)19-11-6-7-11/h3-5,8,11,14-15H,6-7,9H2,1-2H3,(H,19,21)(H,20,22)(H,23,24)/t14-,15+/m0/s1. The number of amides is 2. The molecule has 2 aliphatic rings. The number of nitrogens with one attached hydrogen (secondary N) is 2. The lowest BCUT2D eigenvalue weighted by atomic mass is 10.1. The monoisotopic (exact) mass is 330 g/mol. The Hall–Kier alpha value is -2.37. The van der Waals surface area contributed by atoms with Gasteiger partial charge in [0.2, 0.25) is 11.8 Å². The molecule has 3 rings (SSSR count). The van der Waals surface area contributed by atoms with E-state index in [-0.39, 0.29) is 18.2 Å². The first-order chi connectivity index (χ1) is 11.3. The second-order valence-corrected chi connectivity index (χ2v) is 7.32. The van der Waals surface area contributed by atoms with Gasteiger partial charge in [-0.3, -0.25) is 14.4 Å². The lowest BCUT2D eigenvalue weighted by Crippen LogP contribution is -2.27. The molecule has 0 unspecified atom stereocenters. The summed E-state index contributed by atoms with van der Waals surface area (Å²) in [5.41, 5.74) is 0.872. The van der Waals surface area contributed by atoms with Crippen molar-refractivity contribution < 1.29 is 19.5 Å². The van der Waals surface area contributed by atoms with E-state index in [9.17, 15) is 19.5 Å². The molecule has 6 heteroatoms. The van der Waals surface area contributed by atoms with Crippen LogP contribution in [0.15, 0.2) is 24.3 Å². The number of rotatable bonds is 6. The smallest absolute Gasteiger partial charge is 0.307 e. The van der Waals surface area contributed by atoms with Gasteiger partial charge in [0.05, 0.1) is 18.3 Å². The van der Waals surface area contributed by atoms with Gasteiger partial charge in [0.1, 0.15) is 0 Å². The molecule has 2 aliphatic carbocycles. The number of hydrogen-bond acceptors (Lipinski definition) is 3. The fraction of sp³-hybridized carbons (Fsp3) is 0.500. The van der Waals surface area contributed by atoms with Crippen LogP contribution in [0.2, 0.25) is 0 Å². The highest BCUT2D eigenvalue weighted by molar-refractivity contribution is 5.99. The van der Waals surface area contributed by atoms with E-state index in [1.807, 2.05) is 6.07 Å². The van der Waals surface area contributed by atoms with Crippen LogP contribution in [0.1, 0.15) is 32.3 Å². The summed E-state index contributed by atoms with van der Waals surface area (Å²) in [5.74, 6) is -2.42. The zero-order valence-electron chi connectivity index (χ0n) is 13.8. The lowest BCUT2D eigenvalue weighted by molar-refractivity contribution is -0.140. The number of benzene rings is 1. The topological polar surface area (TPSA) is 95.5 Å². The van der Waals surface area contributed by atoms with Crippen LogP contribution in [0.3, 0.4) is 0 Å². The Kier molecular flexibility index (Phi) is 4.07. The third kappa shape index (κ3) is 3.42. The molecule has 3 N–H and O–H groups in total. The Morgan fingerprint density at radius 2 is 1.92 bits per heavy atom. The minimum absolute atomic E-state index is 0.0183. The molecule has 2 atom stereocenters. The van der Waals surface area contributed by atoms with Crippen molar-refractivity contribution in [1.82, 2.24) is 5.32 Å². The molecule has 0 radical (unpaired) electrons. The molecule has 6 nitrogen and oxygen atoms in total. The summed E-state index contributed by atoms with van der Waals surface area (Å²) in [6.07, 6.45) is 2.36. The van der Waals surface area contributed by atoms with Crippen molar-refractivity contribution >= 4 is 23.5 Å². The van der Waals surface area contributed by atoms with Crippen molar-refractivity contribution in [1.29, 1.82) is 0 Å². The second kappa shape index (κ2) is 5.92. The number of carbonyl (C=O) groups is 3. The minimum Gasteiger partial charge on any atom is -0.481 e. The van der Waals surface area contributed by atoms with E-state index in [0.717, 1.165) is 18.4 Å². The third-order valence-electron chi connectivity index (χ3n) is 4.88. The number of anilines is 1. The summed E-state index contributed by atoms with van der Waals surface area (Å²) in [5, 5.41) is 14.9. The van der Waals surface area contributed by atoms with E-state index >= 15 is 0 Å². The predicted octanol–water partition coefficient (Wildman–Crippen LogP) is 1.80. The fourth-order valence-corrected chi connectivity index (χ4v) is 3.26. The Morgan fingerprint density at radius 3 is 2.50 bits per heavy atom. The van der Waals surface area contributed by atoms with Gasteiger partial charge in [0, 0.05) is 11.7 Å². The van der Waals surface area contributed by atoms with Gasteiger partial charge in [0.15, 0.2) is 0 Å². The van der Waals surface area contributed by atoms with E-state index in [1.165, 1.54) is 0 Å². The van der Waals surface area contributed by atoms with E-state index in [2.05, 4.69) is 10.6 Å². The van der Waals surface area contributed by atoms with E-state index in [1.54, 1.807) is 32.0 Å². The first kappa shape index (κ1) is 16.5. The fourth-order valence-electron chi connectivity index (χ4n) is 3.26. The van der Waals surface area contributed by atoms with E-state index in [4.69, 9.17) is 0 Å². The molecule has 0 spiro atoms. The first-order valence-electron chi connectivity index (χ1n) is 8.21. The maximum absolute atomic E-state index is 12.3. The van der Waals surface area contributed by atoms with Crippen molar-refractivity contribution in [2.24, 2.45) is 17.3 Å². The van der Waals surface area contributed by atoms with E-state index in [0.29, 0.717) is 11.7 Å². The molecule has 1 aromatic rings. The molecule has 2 saturated carbocycles. The van der Waals surface area contributed by atoms with Gasteiger partial charge >= 0.3 is 5.97 Å². The van der Waals surface area contributed by atoms with Crippen molar-refractivity contribution in [3.8, 4) is 0 Å². The number of carboxylic acid groups (broad SMARTS) is 1. The van der Waals surface area contributed by atoms with Crippen molar-refractivity contribution in [2.75, 3.05) is 5.32 Å². The average molecular weight is 330 g/mol. The van der Waals surface area contributed by atoms with Gasteiger partial charge in [0.25, 0.3) is 0 Å². The van der Waals surface area contributed by atoms with Crippen molar-refractivity contribution in [2.45, 2.75) is 39.2 Å². The van der Waals surface area contributed by atoms with Gasteiger partial charge in [-0.05, 0) is 36.0 Å². The highest BCUT2D eigenvalue weighted by atomic mass is 16.4. The van der Waals surface area contributed by atoms with Crippen molar-refractivity contribution in [3.05, 3.63) is 29.8 Å². The molecular formula is C18H22N2O4. The van der Waals surface area contributed by atoms with Crippen LogP contribution in [-0.2, 0) is 20.8 Å². The highest BCUT2D eigenvalue weighted by Gasteiger charge is 2.65. The zero-order valence-corrected chi connectivity index (χ0v) is 13.8. The van der Waals surface area contributed by atoms with Gasteiger partial charge < -0.3 is 15.7 Å². The SMILES string of the molecule is CC1(C)[C@H](C(=O)Nc2cccc(CC(=O)NC3CC3)c2)[C@@H]1C(=O)O. The maximum Gasteiger partial charge on any atom is 0.307 e. The maximum atomic E-state index is 12.3. The molecule has 0 heterocycles. The largest absolute Gasteiger partial charge is 0.481 e. The van der Waals surface area contributed by atoms with Crippen LogP contribution in [-0.4, -0.2) is 28.9 Å². The lowest BCUT2D eigenvalue weighted by Gasteiger charge is -2.08. The highest BCUT2D eigenvalue weighted by Crippen LogP contribution is 2.58. The molecule has 0 aliphatic heterocycles. The molecule has 1 aromatic carbocycles. The van der Waals surface area contributed by atoms with Crippen LogP contribution < -0.4 is 10.6 Å². The number of hydrogen-bond donors (Lipinski definition) is 3. The normalized spacial score (nSPS) is 24.1. The third-order valence-corrected chi connectivity index (χ3v) is 4.88. The Labute approximate surface area is 140 Å². The second-order valence-electron chi connectivity index (χ2n) is 7.32. The molecular weight excluding hydrogens is 308 g/mol. The summed E-state index contributed by atoms with van der Waals surface area (Å²) in [7, 11) is 0. The number of carbonyl (C=O) groups excluding carboxylic acids is 2. The molecule has 24 heavy (non-hydrogen) atoms. The van der Waals surface area contributed by atoms with Gasteiger partial charge in [-0.15, -0.1) is 0 Å². The van der Waals surface area contributed by atoms with Crippen LogP contribution in [0, 0.1) is 17.3 Å². The minimum atomic E-state index is -0.939. The molecule has 0 aromatic heterocycles. The first-order valence-corrected chi connectivity index (χ1v) is 8.21. The zero-order chi connectivity index (χ0) is 17.5. The molecule has 2 amide bonds. The molecule has 0 bridgehead atoms. The van der Waals surface area contributed by atoms with Gasteiger partial charge in [-0.2, -0.15) is 0 Å². The number of aliphatic carboxylic acids is 1. The van der Waals surface area contributed by atoms with Crippen LogP contribution in [0.4, 0.5) is 5.69 Å². The molecule has 0 saturated heterocycles. The summed E-state index contributed by atoms with van der Waals surface area (Å²) in [6.45, 7) is 3.57. The van der Waals surface area contributed by atoms with Crippen molar-refractivity contribution in [3.63, 3.8) is 0 Å². The summed E-state index contributed by atoms with van der Waals surface area (Å²) in [4.78, 5) is 35.4. The average Bonchev–Trinajstić information content (AvgIpc) is 3.36. The Bertz CT molecular complexity index is 694. The van der Waals surface area contributed by atoms with Gasteiger partial charge in [-0.25, -0.2) is 0 Å². The van der Waals surface area contributed by atoms with Crippen LogP contribution in [0.25, 0.3) is 0 Å². The summed E-state index contributed by atoms with van der Waals surface area (Å²) < 4.78 is 0. The summed E-state index contributed by atoms with van der Waals surface area (Å²) >= 11 is 0. The Morgan fingerprint density at radius 1 is 1.21 bits per heavy atom. The molecule has 2 fully saturated rings. The summed E-state index contributed by atoms with van der Waals surface area (Å²) in [6, 6.07) is 7.44. The van der Waals surface area contributed by atoms with E-state index < -0.39 is 23.2 Å². The number of carboxylic acids is 1. The van der Waals surface area contributed by atoms with Crippen LogP contribution in [0.5, 0.6) is 0 Å². The predicted molar refractivity (Wildman–Crippen MR) is 88.3 cm³/mol.